The van der Waals surface area contributed by atoms with E-state index in [2.05, 4.69) is 21.7 Å². The summed E-state index contributed by atoms with van der Waals surface area (Å²) in [4.78, 5) is 30.2. The topological polar surface area (TPSA) is 94.9 Å². The fraction of sp³-hybridized carbons (Fsp3) is 0.0435. The highest BCUT2D eigenvalue weighted by Gasteiger charge is 2.15. The predicted molar refractivity (Wildman–Crippen MR) is 124 cm³/mol. The number of thiazole rings is 1. The molecule has 6 nitrogen and oxygen atoms in total. The Hall–Kier alpha value is -3.67. The summed E-state index contributed by atoms with van der Waals surface area (Å²) in [6.07, 6.45) is 0. The summed E-state index contributed by atoms with van der Waals surface area (Å²) in [6.45, 7) is 1.45. The number of benzene rings is 3. The molecule has 0 spiro atoms. The normalized spacial score (nSPS) is 10.5. The van der Waals surface area contributed by atoms with Gasteiger partial charge in [-0.25, -0.2) is 4.98 Å². The van der Waals surface area contributed by atoms with Crippen LogP contribution in [-0.4, -0.2) is 16.8 Å². The van der Waals surface area contributed by atoms with Gasteiger partial charge in [-0.2, -0.15) is 5.26 Å². The first kappa shape index (κ1) is 20.6. The molecule has 0 aliphatic rings. The number of hydrogen-bond donors (Lipinski definition) is 2. The second-order valence-electron chi connectivity index (χ2n) is 6.54. The van der Waals surface area contributed by atoms with Gasteiger partial charge in [0, 0.05) is 22.4 Å². The molecule has 1 aromatic heterocycles. The Morgan fingerprint density at radius 2 is 1.74 bits per heavy atom. The molecule has 0 unspecified atom stereocenters. The molecule has 2 N–H and O–H groups in total. The van der Waals surface area contributed by atoms with Crippen LogP contribution in [0.3, 0.4) is 0 Å². The number of rotatable bonds is 5. The highest BCUT2D eigenvalue weighted by Crippen LogP contribution is 2.34. The van der Waals surface area contributed by atoms with E-state index in [0.29, 0.717) is 21.9 Å². The molecule has 4 aromatic rings. The molecule has 4 rings (SSSR count). The summed E-state index contributed by atoms with van der Waals surface area (Å²) in [6, 6.07) is 22.1. The lowest BCUT2D eigenvalue weighted by atomic mass is 10.2. The van der Waals surface area contributed by atoms with Crippen LogP contribution in [0, 0.1) is 11.3 Å². The fourth-order valence-electron chi connectivity index (χ4n) is 2.93. The number of fused-ring (bicyclic) bond motifs is 1. The van der Waals surface area contributed by atoms with E-state index in [1.165, 1.54) is 30.0 Å². The third kappa shape index (κ3) is 4.74. The lowest BCUT2D eigenvalue weighted by Crippen LogP contribution is -2.12. The van der Waals surface area contributed by atoms with Crippen LogP contribution < -0.4 is 10.6 Å². The number of hydrogen-bond acceptors (Lipinski definition) is 6. The van der Waals surface area contributed by atoms with E-state index >= 15 is 0 Å². The van der Waals surface area contributed by atoms with Gasteiger partial charge in [-0.3, -0.25) is 14.9 Å². The molecule has 0 aliphatic carbocycles. The van der Waals surface area contributed by atoms with Gasteiger partial charge in [0.25, 0.3) is 5.91 Å². The van der Waals surface area contributed by atoms with Gasteiger partial charge in [0.15, 0.2) is 5.13 Å². The van der Waals surface area contributed by atoms with Crippen LogP contribution in [0.4, 0.5) is 10.8 Å². The molecule has 3 aromatic carbocycles. The van der Waals surface area contributed by atoms with Gasteiger partial charge in [0.05, 0.1) is 21.3 Å². The number of nitriles is 1. The van der Waals surface area contributed by atoms with Crippen LogP contribution in [-0.2, 0) is 4.79 Å². The Labute approximate surface area is 186 Å². The van der Waals surface area contributed by atoms with Gasteiger partial charge in [-0.05, 0) is 42.5 Å². The fourth-order valence-corrected chi connectivity index (χ4v) is 4.86. The average Bonchev–Trinajstić information content (AvgIpc) is 3.15. The quantitative estimate of drug-likeness (QED) is 0.422. The maximum Gasteiger partial charge on any atom is 0.258 e. The molecular weight excluding hydrogens is 428 g/mol. The van der Waals surface area contributed by atoms with E-state index in [1.54, 1.807) is 30.3 Å². The number of anilines is 2. The second kappa shape index (κ2) is 9.00. The van der Waals surface area contributed by atoms with Crippen molar-refractivity contribution in [1.29, 1.82) is 5.26 Å². The van der Waals surface area contributed by atoms with E-state index in [-0.39, 0.29) is 11.8 Å². The van der Waals surface area contributed by atoms with Gasteiger partial charge in [0.1, 0.15) is 6.07 Å². The minimum absolute atomic E-state index is 0.149. The van der Waals surface area contributed by atoms with Crippen LogP contribution in [0.2, 0.25) is 0 Å². The minimum Gasteiger partial charge on any atom is -0.326 e. The van der Waals surface area contributed by atoms with Crippen LogP contribution in [0.15, 0.2) is 76.5 Å². The first-order valence-electron chi connectivity index (χ1n) is 9.29. The zero-order valence-corrected chi connectivity index (χ0v) is 18.0. The summed E-state index contributed by atoms with van der Waals surface area (Å²) in [5.41, 5.74) is 2.47. The molecule has 31 heavy (non-hydrogen) atoms. The maximum absolute atomic E-state index is 13.0. The molecule has 0 bridgehead atoms. The van der Waals surface area contributed by atoms with Gasteiger partial charge >= 0.3 is 0 Å². The standard InChI is InChI=1S/C23H16N4O2S2/c1-14(28)25-16-10-11-18-21(12-16)31-23(26-18)27-22(29)17-7-3-5-9-20(17)30-19-8-4-2-6-15(19)13-24/h2-12H,1H3,(H,25,28)(H,26,27,29). The second-order valence-corrected chi connectivity index (χ2v) is 8.66. The third-order valence-electron chi connectivity index (χ3n) is 4.29. The van der Waals surface area contributed by atoms with Crippen molar-refractivity contribution < 1.29 is 9.59 Å². The molecule has 152 valence electrons. The molecule has 0 saturated carbocycles. The molecule has 0 aliphatic heterocycles. The lowest BCUT2D eigenvalue weighted by molar-refractivity contribution is -0.114. The Bertz CT molecular complexity index is 1340. The predicted octanol–water partition coefficient (Wildman–Crippen LogP) is 5.53. The van der Waals surface area contributed by atoms with E-state index in [4.69, 9.17) is 0 Å². The molecule has 1 heterocycles. The third-order valence-corrected chi connectivity index (χ3v) is 6.37. The Morgan fingerprint density at radius 3 is 2.52 bits per heavy atom. The summed E-state index contributed by atoms with van der Waals surface area (Å²) in [5.74, 6) is -0.428. The largest absolute Gasteiger partial charge is 0.326 e. The number of carbonyl (C=O) groups excluding carboxylic acids is 2. The van der Waals surface area contributed by atoms with Crippen molar-refractivity contribution in [2.75, 3.05) is 10.6 Å². The van der Waals surface area contributed by atoms with Crippen molar-refractivity contribution in [3.63, 3.8) is 0 Å². The first-order valence-corrected chi connectivity index (χ1v) is 10.9. The van der Waals surface area contributed by atoms with Crippen molar-refractivity contribution in [3.8, 4) is 6.07 Å². The summed E-state index contributed by atoms with van der Waals surface area (Å²) < 4.78 is 0.854. The van der Waals surface area contributed by atoms with E-state index < -0.39 is 0 Å². The zero-order valence-electron chi connectivity index (χ0n) is 16.4. The summed E-state index contributed by atoms with van der Waals surface area (Å²) in [7, 11) is 0. The van der Waals surface area contributed by atoms with Gasteiger partial charge in [0.2, 0.25) is 5.91 Å². The summed E-state index contributed by atoms with van der Waals surface area (Å²) in [5, 5.41) is 15.4. The Kier molecular flexibility index (Phi) is 5.98. The number of nitrogens with one attached hydrogen (secondary N) is 2. The van der Waals surface area contributed by atoms with Crippen molar-refractivity contribution in [2.24, 2.45) is 0 Å². The Morgan fingerprint density at radius 1 is 1.00 bits per heavy atom. The van der Waals surface area contributed by atoms with Gasteiger partial charge in [-0.15, -0.1) is 0 Å². The Balaban J connectivity index is 1.58. The number of amides is 2. The SMILES string of the molecule is CC(=O)Nc1ccc2nc(NC(=O)c3ccccc3Sc3ccccc3C#N)sc2c1. The average molecular weight is 445 g/mol. The highest BCUT2D eigenvalue weighted by molar-refractivity contribution is 7.99. The number of aromatic nitrogens is 1. The van der Waals surface area contributed by atoms with E-state index in [9.17, 15) is 14.9 Å². The molecule has 0 saturated heterocycles. The highest BCUT2D eigenvalue weighted by atomic mass is 32.2. The van der Waals surface area contributed by atoms with Gasteiger partial charge in [-0.1, -0.05) is 47.4 Å². The van der Waals surface area contributed by atoms with E-state index in [1.807, 2.05) is 36.4 Å². The summed E-state index contributed by atoms with van der Waals surface area (Å²) >= 11 is 2.71. The van der Waals surface area contributed by atoms with Crippen LogP contribution in [0.1, 0.15) is 22.8 Å². The molecular formula is C23H16N4O2S2. The van der Waals surface area contributed by atoms with Crippen molar-refractivity contribution in [1.82, 2.24) is 4.98 Å². The molecule has 0 radical (unpaired) electrons. The minimum atomic E-state index is -0.279. The van der Waals surface area contributed by atoms with E-state index in [0.717, 1.165) is 20.0 Å². The number of carbonyl (C=O) groups is 2. The van der Waals surface area contributed by atoms with Crippen molar-refractivity contribution in [2.45, 2.75) is 16.7 Å². The van der Waals surface area contributed by atoms with Crippen LogP contribution in [0.25, 0.3) is 10.2 Å². The van der Waals surface area contributed by atoms with Crippen LogP contribution >= 0.6 is 23.1 Å². The van der Waals surface area contributed by atoms with Crippen molar-refractivity contribution in [3.05, 3.63) is 77.9 Å². The zero-order chi connectivity index (χ0) is 21.8. The molecule has 0 atom stereocenters. The smallest absolute Gasteiger partial charge is 0.258 e. The van der Waals surface area contributed by atoms with Crippen LogP contribution in [0.5, 0.6) is 0 Å². The van der Waals surface area contributed by atoms with Gasteiger partial charge < -0.3 is 5.32 Å². The monoisotopic (exact) mass is 444 g/mol. The first-order chi connectivity index (χ1) is 15.0. The molecule has 2 amide bonds. The molecule has 0 fully saturated rings. The lowest BCUT2D eigenvalue weighted by Gasteiger charge is -2.09. The van der Waals surface area contributed by atoms with Crippen molar-refractivity contribution >= 4 is 55.9 Å². The molecule has 8 heteroatoms. The maximum atomic E-state index is 13.0. The number of nitrogens with zero attached hydrogens (tertiary/aromatic N) is 2.